The topological polar surface area (TPSA) is 15.3 Å². The fourth-order valence-corrected chi connectivity index (χ4v) is 3.17. The molecule has 3 heteroatoms. The van der Waals surface area contributed by atoms with E-state index in [1.165, 1.54) is 41.7 Å². The second kappa shape index (κ2) is 6.76. The van der Waals surface area contributed by atoms with E-state index in [0.717, 1.165) is 12.5 Å². The average molecular weight is 325 g/mol. The van der Waals surface area contributed by atoms with Gasteiger partial charge in [0.1, 0.15) is 0 Å². The van der Waals surface area contributed by atoms with Gasteiger partial charge in [-0.1, -0.05) is 26.8 Å². The number of piperidine rings is 1. The van der Waals surface area contributed by atoms with Crippen molar-refractivity contribution in [1.29, 1.82) is 0 Å². The summed E-state index contributed by atoms with van der Waals surface area (Å²) in [4.78, 5) is 2.50. The first-order valence-electron chi connectivity index (χ1n) is 7.33. The Morgan fingerprint density at radius 3 is 2.58 bits per heavy atom. The second-order valence-electron chi connectivity index (χ2n) is 5.99. The Bertz CT molecular complexity index is 409. The van der Waals surface area contributed by atoms with E-state index in [1.807, 2.05) is 0 Å². The zero-order chi connectivity index (χ0) is 13.8. The van der Waals surface area contributed by atoms with E-state index >= 15 is 0 Å². The molecule has 1 heterocycles. The highest BCUT2D eigenvalue weighted by molar-refractivity contribution is 9.10. The first-order valence-corrected chi connectivity index (χ1v) is 8.12. The maximum absolute atomic E-state index is 3.74. The molecule has 1 aromatic rings. The monoisotopic (exact) mass is 324 g/mol. The minimum Gasteiger partial charge on any atom is -0.371 e. The largest absolute Gasteiger partial charge is 0.371 e. The molecule has 1 saturated heterocycles. The lowest BCUT2D eigenvalue weighted by atomic mass is 9.98. The molecule has 1 aliphatic heterocycles. The molecule has 2 rings (SSSR count). The maximum atomic E-state index is 3.74. The minimum absolute atomic E-state index is 0.530. The number of halogens is 1. The third-order valence-corrected chi connectivity index (χ3v) is 4.49. The van der Waals surface area contributed by atoms with Gasteiger partial charge in [0.2, 0.25) is 0 Å². The summed E-state index contributed by atoms with van der Waals surface area (Å²) in [6.45, 7) is 10.0. The van der Waals surface area contributed by atoms with Gasteiger partial charge in [-0.2, -0.15) is 0 Å². The Kier molecular flexibility index (Phi) is 5.28. The molecule has 0 bridgehead atoms. The van der Waals surface area contributed by atoms with Crippen molar-refractivity contribution in [3.05, 3.63) is 28.2 Å². The molecule has 1 N–H and O–H groups in total. The van der Waals surface area contributed by atoms with Gasteiger partial charge in [-0.05, 0) is 52.4 Å². The zero-order valence-electron chi connectivity index (χ0n) is 12.2. The molecule has 2 nitrogen and oxygen atoms in total. The molecule has 0 radical (unpaired) electrons. The number of hydrogen-bond acceptors (Lipinski definition) is 2. The van der Waals surface area contributed by atoms with Crippen LogP contribution in [0.4, 0.5) is 5.69 Å². The summed E-state index contributed by atoms with van der Waals surface area (Å²) in [5, 5.41) is 3.46. The van der Waals surface area contributed by atoms with Crippen molar-refractivity contribution >= 4 is 21.6 Å². The van der Waals surface area contributed by atoms with Crippen molar-refractivity contribution in [2.24, 2.45) is 5.92 Å². The normalized spacial score (nSPS) is 17.2. The van der Waals surface area contributed by atoms with Gasteiger partial charge >= 0.3 is 0 Å². The van der Waals surface area contributed by atoms with Crippen LogP contribution in [0.1, 0.15) is 39.2 Å². The van der Waals surface area contributed by atoms with Gasteiger partial charge in [0.05, 0.1) is 5.69 Å². The van der Waals surface area contributed by atoms with E-state index in [0.29, 0.717) is 6.04 Å². The minimum atomic E-state index is 0.530. The highest BCUT2D eigenvalue weighted by atomic mass is 79.9. The fourth-order valence-electron chi connectivity index (χ4n) is 2.49. The van der Waals surface area contributed by atoms with Crippen LogP contribution >= 0.6 is 15.9 Å². The van der Waals surface area contributed by atoms with Crippen LogP contribution in [0.5, 0.6) is 0 Å². The van der Waals surface area contributed by atoms with E-state index in [1.54, 1.807) is 0 Å². The lowest BCUT2D eigenvalue weighted by molar-refractivity contribution is 0.438. The van der Waals surface area contributed by atoms with Gasteiger partial charge in [0.25, 0.3) is 0 Å². The molecule has 0 saturated carbocycles. The fraction of sp³-hybridized carbons (Fsp3) is 0.625. The highest BCUT2D eigenvalue weighted by Crippen LogP contribution is 2.30. The first kappa shape index (κ1) is 14.9. The number of hydrogen-bond donors (Lipinski definition) is 1. The second-order valence-corrected chi connectivity index (χ2v) is 6.85. The van der Waals surface area contributed by atoms with Crippen LogP contribution in [-0.2, 0) is 6.54 Å². The van der Waals surface area contributed by atoms with Crippen LogP contribution in [-0.4, -0.2) is 19.1 Å². The molecule has 106 valence electrons. The van der Waals surface area contributed by atoms with Crippen LogP contribution in [0.25, 0.3) is 0 Å². The Morgan fingerprint density at radius 2 is 2.00 bits per heavy atom. The van der Waals surface area contributed by atoms with Gasteiger partial charge in [0.15, 0.2) is 0 Å². The van der Waals surface area contributed by atoms with E-state index in [9.17, 15) is 0 Å². The molecule has 1 aromatic carbocycles. The Hall–Kier alpha value is -0.540. The molecule has 0 amide bonds. The van der Waals surface area contributed by atoms with Crippen LogP contribution in [0.15, 0.2) is 22.7 Å². The summed E-state index contributed by atoms with van der Waals surface area (Å²) in [5.41, 5.74) is 2.69. The molecule has 0 spiro atoms. The van der Waals surface area contributed by atoms with Crippen LogP contribution in [0.3, 0.4) is 0 Å². The molecular weight excluding hydrogens is 300 g/mol. The molecule has 0 aromatic heterocycles. The van der Waals surface area contributed by atoms with Gasteiger partial charge in [-0.25, -0.2) is 0 Å². The smallest absolute Gasteiger partial charge is 0.0510 e. The van der Waals surface area contributed by atoms with Crippen LogP contribution in [0, 0.1) is 5.92 Å². The number of nitrogens with zero attached hydrogens (tertiary/aromatic N) is 1. The Balaban J connectivity index is 2.02. The third-order valence-electron chi connectivity index (χ3n) is 3.85. The standard InChI is InChI=1S/C16H25BrN2/c1-12(2)18-11-14-4-5-16(15(17)10-14)19-8-6-13(3)7-9-19/h4-5,10,12-13,18H,6-9,11H2,1-3H3. The number of benzene rings is 1. The van der Waals surface area contributed by atoms with Gasteiger partial charge in [-0.15, -0.1) is 0 Å². The summed E-state index contributed by atoms with van der Waals surface area (Å²) in [6, 6.07) is 7.29. The maximum Gasteiger partial charge on any atom is 0.0510 e. The third kappa shape index (κ3) is 4.22. The Morgan fingerprint density at radius 1 is 1.32 bits per heavy atom. The lowest BCUT2D eigenvalue weighted by Crippen LogP contribution is -2.33. The van der Waals surface area contributed by atoms with E-state index in [4.69, 9.17) is 0 Å². The first-order chi connectivity index (χ1) is 9.06. The molecular formula is C16H25BrN2. The molecule has 0 unspecified atom stereocenters. The quantitative estimate of drug-likeness (QED) is 0.893. The van der Waals surface area contributed by atoms with E-state index in [2.05, 4.69) is 65.1 Å². The van der Waals surface area contributed by atoms with Gasteiger partial charge in [0, 0.05) is 30.1 Å². The van der Waals surface area contributed by atoms with Crippen molar-refractivity contribution in [2.45, 2.75) is 46.2 Å². The van der Waals surface area contributed by atoms with E-state index in [-0.39, 0.29) is 0 Å². The summed E-state index contributed by atoms with van der Waals surface area (Å²) in [6.07, 6.45) is 2.62. The van der Waals surface area contributed by atoms with Crippen LogP contribution < -0.4 is 10.2 Å². The predicted octanol–water partition coefficient (Wildman–Crippen LogP) is 4.18. The van der Waals surface area contributed by atoms with Gasteiger partial charge < -0.3 is 10.2 Å². The molecule has 0 aliphatic carbocycles. The Labute approximate surface area is 125 Å². The molecule has 1 fully saturated rings. The highest BCUT2D eigenvalue weighted by Gasteiger charge is 2.17. The summed E-state index contributed by atoms with van der Waals surface area (Å²) in [5.74, 6) is 0.879. The summed E-state index contributed by atoms with van der Waals surface area (Å²) >= 11 is 3.74. The van der Waals surface area contributed by atoms with E-state index < -0.39 is 0 Å². The van der Waals surface area contributed by atoms with Crippen LogP contribution in [0.2, 0.25) is 0 Å². The molecule has 19 heavy (non-hydrogen) atoms. The van der Waals surface area contributed by atoms with Gasteiger partial charge in [-0.3, -0.25) is 0 Å². The zero-order valence-corrected chi connectivity index (χ0v) is 13.8. The summed E-state index contributed by atoms with van der Waals surface area (Å²) in [7, 11) is 0. The molecule has 0 atom stereocenters. The van der Waals surface area contributed by atoms with Crippen molar-refractivity contribution in [2.75, 3.05) is 18.0 Å². The number of nitrogens with one attached hydrogen (secondary N) is 1. The lowest BCUT2D eigenvalue weighted by Gasteiger charge is -2.33. The van der Waals surface area contributed by atoms with Crippen molar-refractivity contribution in [3.63, 3.8) is 0 Å². The molecule has 1 aliphatic rings. The van der Waals surface area contributed by atoms with Crippen molar-refractivity contribution < 1.29 is 0 Å². The van der Waals surface area contributed by atoms with Crippen molar-refractivity contribution in [1.82, 2.24) is 5.32 Å². The number of anilines is 1. The van der Waals surface area contributed by atoms with Crippen molar-refractivity contribution in [3.8, 4) is 0 Å². The summed E-state index contributed by atoms with van der Waals surface area (Å²) < 4.78 is 1.23. The predicted molar refractivity (Wildman–Crippen MR) is 86.7 cm³/mol. The number of rotatable bonds is 4. The average Bonchev–Trinajstić information content (AvgIpc) is 2.38. The SMILES string of the molecule is CC1CCN(c2ccc(CNC(C)C)cc2Br)CC1.